The Morgan fingerprint density at radius 1 is 1.08 bits per heavy atom. The van der Waals surface area contributed by atoms with Gasteiger partial charge in [0, 0.05) is 18.7 Å². The minimum atomic E-state index is 0.598. The van der Waals surface area contributed by atoms with Crippen molar-refractivity contribution in [1.82, 2.24) is 9.88 Å². The predicted molar refractivity (Wildman–Crippen MR) is 91.8 cm³/mol. The maximum absolute atomic E-state index is 5.27. The van der Waals surface area contributed by atoms with E-state index in [1.807, 2.05) is 24.3 Å². The molecule has 0 atom stereocenters. The van der Waals surface area contributed by atoms with E-state index in [1.54, 1.807) is 6.20 Å². The lowest BCUT2D eigenvalue weighted by Crippen LogP contribution is -2.07. The van der Waals surface area contributed by atoms with E-state index >= 15 is 0 Å². The van der Waals surface area contributed by atoms with E-state index in [0.29, 0.717) is 6.54 Å². The minimum Gasteiger partial charge on any atom is -0.444 e. The van der Waals surface area contributed by atoms with Crippen LogP contribution in [0.5, 0.6) is 0 Å². The number of nitrogens with zero attached hydrogens (tertiary/aromatic N) is 4. The van der Waals surface area contributed by atoms with Gasteiger partial charge in [0.15, 0.2) is 12.2 Å². The molecule has 2 aromatic carbocycles. The highest BCUT2D eigenvalue weighted by Gasteiger charge is 2.15. The number of benzene rings is 2. The highest BCUT2D eigenvalue weighted by Crippen LogP contribution is 2.24. The highest BCUT2D eigenvalue weighted by atomic mass is 16.3. The monoisotopic (exact) mass is 318 g/mol. The first-order valence-corrected chi connectivity index (χ1v) is 7.93. The van der Waals surface area contributed by atoms with Gasteiger partial charge < -0.3 is 4.42 Å². The van der Waals surface area contributed by atoms with E-state index < -0.39 is 0 Å². The summed E-state index contributed by atoms with van der Waals surface area (Å²) in [6, 6.07) is 14.4. The fourth-order valence-electron chi connectivity index (χ4n) is 2.97. The fourth-order valence-corrected chi connectivity index (χ4v) is 2.97. The summed E-state index contributed by atoms with van der Waals surface area (Å²) in [6.45, 7) is 2.65. The number of hydrogen-bond acceptors (Lipinski definition) is 5. The second-order valence-electron chi connectivity index (χ2n) is 6.09. The lowest BCUT2D eigenvalue weighted by atomic mass is 10.1. The third-order valence-electron chi connectivity index (χ3n) is 4.17. The van der Waals surface area contributed by atoms with Gasteiger partial charge in [-0.3, -0.25) is 4.90 Å². The first-order chi connectivity index (χ1) is 11.8. The molecule has 0 aliphatic carbocycles. The molecule has 1 aliphatic rings. The zero-order valence-corrected chi connectivity index (χ0v) is 13.5. The SMILES string of the molecule is CN1Cc2ccc(CN=Nc3ccc(-c4cnco4)cc3)cc2C1. The van der Waals surface area contributed by atoms with Crippen molar-refractivity contribution in [1.29, 1.82) is 0 Å². The van der Waals surface area contributed by atoms with Crippen LogP contribution in [0.4, 0.5) is 5.69 Å². The van der Waals surface area contributed by atoms with Gasteiger partial charge in [-0.25, -0.2) is 4.98 Å². The zero-order valence-electron chi connectivity index (χ0n) is 13.5. The van der Waals surface area contributed by atoms with Crippen molar-refractivity contribution < 1.29 is 4.42 Å². The van der Waals surface area contributed by atoms with E-state index in [1.165, 1.54) is 23.1 Å². The third kappa shape index (κ3) is 3.12. The molecule has 0 saturated heterocycles. The molecule has 5 nitrogen and oxygen atoms in total. The fraction of sp³-hybridized carbons (Fsp3) is 0.211. The Morgan fingerprint density at radius 3 is 2.71 bits per heavy atom. The van der Waals surface area contributed by atoms with Crippen molar-refractivity contribution in [2.75, 3.05) is 7.05 Å². The second kappa shape index (κ2) is 6.37. The van der Waals surface area contributed by atoms with Crippen LogP contribution in [0.2, 0.25) is 0 Å². The first kappa shape index (κ1) is 14.8. The van der Waals surface area contributed by atoms with Crippen LogP contribution in [-0.4, -0.2) is 16.9 Å². The molecule has 0 fully saturated rings. The van der Waals surface area contributed by atoms with Crippen LogP contribution in [-0.2, 0) is 19.6 Å². The van der Waals surface area contributed by atoms with Gasteiger partial charge in [0.05, 0.1) is 18.4 Å². The quantitative estimate of drug-likeness (QED) is 0.662. The highest BCUT2D eigenvalue weighted by molar-refractivity contribution is 5.59. The first-order valence-electron chi connectivity index (χ1n) is 7.93. The Balaban J connectivity index is 1.42. The van der Waals surface area contributed by atoms with Crippen LogP contribution in [0.1, 0.15) is 16.7 Å². The third-order valence-corrected chi connectivity index (χ3v) is 4.17. The molecule has 4 rings (SSSR count). The standard InChI is InChI=1S/C19H18N4O/c1-23-11-16-3-2-14(8-17(16)12-23)9-21-22-18-6-4-15(5-7-18)19-10-20-13-24-19/h2-8,10,13H,9,11-12H2,1H3. The van der Waals surface area contributed by atoms with Crippen LogP contribution in [0.25, 0.3) is 11.3 Å². The van der Waals surface area contributed by atoms with E-state index in [9.17, 15) is 0 Å². The second-order valence-corrected chi connectivity index (χ2v) is 6.09. The smallest absolute Gasteiger partial charge is 0.181 e. The van der Waals surface area contributed by atoms with E-state index in [4.69, 9.17) is 4.42 Å². The molecule has 0 amide bonds. The van der Waals surface area contributed by atoms with Crippen molar-refractivity contribution in [3.05, 3.63) is 71.7 Å². The van der Waals surface area contributed by atoms with Gasteiger partial charge >= 0.3 is 0 Å². The Hall–Kier alpha value is -2.79. The van der Waals surface area contributed by atoms with Gasteiger partial charge in [0.2, 0.25) is 0 Å². The summed E-state index contributed by atoms with van der Waals surface area (Å²) in [6.07, 6.45) is 3.12. The number of hydrogen-bond donors (Lipinski definition) is 0. The molecule has 0 saturated carbocycles. The summed E-state index contributed by atoms with van der Waals surface area (Å²) < 4.78 is 5.27. The number of oxazole rings is 1. The number of aromatic nitrogens is 1. The van der Waals surface area contributed by atoms with Gasteiger partial charge in [-0.15, -0.1) is 0 Å². The largest absolute Gasteiger partial charge is 0.444 e. The Labute approximate surface area is 140 Å². The van der Waals surface area contributed by atoms with Gasteiger partial charge in [0.1, 0.15) is 0 Å². The molecule has 5 heteroatoms. The van der Waals surface area contributed by atoms with Crippen molar-refractivity contribution in [3.8, 4) is 11.3 Å². The lowest BCUT2D eigenvalue weighted by molar-refractivity contribution is 0.353. The average molecular weight is 318 g/mol. The molecular weight excluding hydrogens is 300 g/mol. The molecule has 2 heterocycles. The number of azo groups is 1. The Kier molecular flexibility index (Phi) is 3.92. The molecule has 0 bridgehead atoms. The van der Waals surface area contributed by atoms with E-state index in [-0.39, 0.29) is 0 Å². The van der Waals surface area contributed by atoms with Crippen LogP contribution >= 0.6 is 0 Å². The van der Waals surface area contributed by atoms with Crippen molar-refractivity contribution in [2.45, 2.75) is 19.6 Å². The summed E-state index contributed by atoms with van der Waals surface area (Å²) in [4.78, 5) is 6.23. The molecular formula is C19H18N4O. The number of fused-ring (bicyclic) bond motifs is 1. The molecule has 0 spiro atoms. The van der Waals surface area contributed by atoms with Crippen LogP contribution < -0.4 is 0 Å². The summed E-state index contributed by atoms with van der Waals surface area (Å²) >= 11 is 0. The molecule has 0 N–H and O–H groups in total. The Bertz CT molecular complexity index is 854. The molecule has 3 aromatic rings. The van der Waals surface area contributed by atoms with Crippen molar-refractivity contribution in [2.24, 2.45) is 10.2 Å². The van der Waals surface area contributed by atoms with Gasteiger partial charge in [-0.1, -0.05) is 18.2 Å². The zero-order chi connectivity index (χ0) is 16.4. The summed E-state index contributed by atoms with van der Waals surface area (Å²) in [7, 11) is 2.14. The van der Waals surface area contributed by atoms with E-state index in [2.05, 4.69) is 45.4 Å². The topological polar surface area (TPSA) is 54.0 Å². The molecule has 120 valence electrons. The predicted octanol–water partition coefficient (Wildman–Crippen LogP) is 4.57. The molecule has 1 aliphatic heterocycles. The van der Waals surface area contributed by atoms with Crippen molar-refractivity contribution >= 4 is 5.69 Å². The normalized spacial score (nSPS) is 14.4. The maximum Gasteiger partial charge on any atom is 0.181 e. The summed E-state index contributed by atoms with van der Waals surface area (Å²) in [5.74, 6) is 0.751. The number of rotatable bonds is 4. The van der Waals surface area contributed by atoms with Gasteiger partial charge in [-0.05, 0) is 48.0 Å². The maximum atomic E-state index is 5.27. The Morgan fingerprint density at radius 2 is 1.92 bits per heavy atom. The average Bonchev–Trinajstić information content (AvgIpc) is 3.24. The van der Waals surface area contributed by atoms with Gasteiger partial charge in [-0.2, -0.15) is 10.2 Å². The van der Waals surface area contributed by atoms with Crippen LogP contribution in [0, 0.1) is 0 Å². The van der Waals surface area contributed by atoms with Crippen molar-refractivity contribution in [3.63, 3.8) is 0 Å². The molecule has 0 radical (unpaired) electrons. The van der Waals surface area contributed by atoms with Crippen LogP contribution in [0.3, 0.4) is 0 Å². The van der Waals surface area contributed by atoms with Gasteiger partial charge in [0.25, 0.3) is 0 Å². The minimum absolute atomic E-state index is 0.598. The molecule has 0 unspecified atom stereocenters. The lowest BCUT2D eigenvalue weighted by Gasteiger charge is -2.02. The molecule has 24 heavy (non-hydrogen) atoms. The molecule has 1 aromatic heterocycles. The summed E-state index contributed by atoms with van der Waals surface area (Å²) in [5, 5.41) is 8.63. The van der Waals surface area contributed by atoms with Crippen LogP contribution in [0.15, 0.2) is 69.7 Å². The summed E-state index contributed by atoms with van der Waals surface area (Å²) in [5.41, 5.74) is 5.84. The van der Waals surface area contributed by atoms with E-state index in [0.717, 1.165) is 30.1 Å².